The Morgan fingerprint density at radius 1 is 0.836 bits per heavy atom. The smallest absolute Gasteiger partial charge is 0.392 e. The lowest BCUT2D eigenvalue weighted by Crippen LogP contribution is -2.34. The van der Waals surface area contributed by atoms with E-state index in [1.165, 1.54) is 21.8 Å². The molecule has 3 aliphatic rings. The van der Waals surface area contributed by atoms with Crippen LogP contribution >= 0.6 is 36.4 Å². The second kappa shape index (κ2) is 17.1. The maximum atomic E-state index is 16.9. The predicted octanol–water partition coefficient (Wildman–Crippen LogP) is 4.49. The van der Waals surface area contributed by atoms with Crippen molar-refractivity contribution in [1.82, 2.24) is 39.0 Å². The zero-order chi connectivity index (χ0) is 44.2. The van der Waals surface area contributed by atoms with Crippen molar-refractivity contribution in [2.24, 2.45) is 16.7 Å². The van der Waals surface area contributed by atoms with Crippen molar-refractivity contribution in [2.45, 2.75) is 91.5 Å². The highest BCUT2D eigenvalue weighted by Crippen LogP contribution is 2.66. The maximum Gasteiger partial charge on any atom is 0.392 e. The van der Waals surface area contributed by atoms with Crippen molar-refractivity contribution >= 4 is 82.4 Å². The van der Waals surface area contributed by atoms with Crippen molar-refractivity contribution in [3.8, 4) is 0 Å². The lowest BCUT2D eigenvalue weighted by Gasteiger charge is -2.28. The quantitative estimate of drug-likeness (QED) is 0.125. The first-order valence-corrected chi connectivity index (χ1v) is 24.9. The van der Waals surface area contributed by atoms with Crippen LogP contribution in [0.3, 0.4) is 0 Å². The molecule has 0 aromatic carbocycles. The molecule has 0 radical (unpaired) electrons. The Morgan fingerprint density at radius 2 is 1.38 bits per heavy atom. The number of alkyl halides is 1. The maximum absolute atomic E-state index is 16.9. The SMILES string of the molecule is C[C@H]1C2COP(=O)(SCOC(=O)C(C)(C)C)OC3C(F)C(n4cnc5c(N)ncnc54)O[C@@H]3COP(=O)(SCOC(=O)C(C)(C)C)OC1C(n1cnc3c(=O)[nH]c(N)nc31)O2. The van der Waals surface area contributed by atoms with Gasteiger partial charge < -0.3 is 30.4 Å². The van der Waals surface area contributed by atoms with Crippen molar-refractivity contribution < 1.29 is 60.2 Å². The molecule has 5 N–H and O–H groups in total. The van der Waals surface area contributed by atoms with Gasteiger partial charge in [0.2, 0.25) is 5.95 Å². The van der Waals surface area contributed by atoms with Crippen LogP contribution in [0.15, 0.2) is 23.8 Å². The van der Waals surface area contributed by atoms with Gasteiger partial charge in [0.05, 0.1) is 42.8 Å². The number of hydrogen-bond donors (Lipinski definition) is 3. The number of imidazole rings is 2. The molecule has 0 saturated carbocycles. The molecule has 0 amide bonds. The minimum atomic E-state index is -4.57. The van der Waals surface area contributed by atoms with Crippen LogP contribution in [-0.4, -0.2) is 107 Å². The van der Waals surface area contributed by atoms with Gasteiger partial charge in [0.25, 0.3) is 5.56 Å². The molecule has 334 valence electrons. The van der Waals surface area contributed by atoms with E-state index in [9.17, 15) is 23.5 Å². The van der Waals surface area contributed by atoms with Crippen LogP contribution in [0, 0.1) is 16.7 Å². The number of nitrogens with one attached hydrogen (secondary N) is 1. The fourth-order valence-electron chi connectivity index (χ4n) is 6.32. The van der Waals surface area contributed by atoms with Crippen LogP contribution in [0.1, 0.15) is 60.9 Å². The summed E-state index contributed by atoms with van der Waals surface area (Å²) in [5.74, 6) is -3.25. The van der Waals surface area contributed by atoms with Crippen LogP contribution in [0.25, 0.3) is 22.3 Å². The third-order valence-corrected chi connectivity index (χ3v) is 16.4. The molecule has 4 aromatic rings. The van der Waals surface area contributed by atoms with Gasteiger partial charge >= 0.3 is 25.5 Å². The van der Waals surface area contributed by atoms with Gasteiger partial charge in [-0.15, -0.1) is 0 Å². The van der Waals surface area contributed by atoms with E-state index in [0.29, 0.717) is 22.8 Å². The normalized spacial score (nSPS) is 31.3. The number of fused-ring (bicyclic) bond motifs is 5. The number of H-pyrrole nitrogens is 1. The molecule has 3 aliphatic heterocycles. The number of hydrogen-bond acceptors (Lipinski definition) is 22. The number of nitrogen functional groups attached to an aromatic ring is 2. The molecular formula is C33H45FN10O13P2S2. The Bertz CT molecular complexity index is 2460. The summed E-state index contributed by atoms with van der Waals surface area (Å²) >= 11 is 1.00. The number of aromatic amines is 1. The van der Waals surface area contributed by atoms with Gasteiger partial charge in [-0.3, -0.25) is 46.6 Å². The molecule has 8 unspecified atom stereocenters. The van der Waals surface area contributed by atoms with Gasteiger partial charge in [-0.2, -0.15) is 4.98 Å². The number of esters is 2. The van der Waals surface area contributed by atoms with E-state index in [4.69, 9.17) is 48.5 Å². The average molecular weight is 935 g/mol. The molecule has 0 aliphatic carbocycles. The topological polar surface area (TPSA) is 301 Å². The number of carbonyl (C=O) groups is 2. The number of carbonyl (C=O) groups excluding carboxylic acids is 2. The number of anilines is 2. The lowest BCUT2D eigenvalue weighted by atomic mass is 9.98. The third-order valence-electron chi connectivity index (χ3n) is 9.67. The Labute approximate surface area is 354 Å². The van der Waals surface area contributed by atoms with E-state index in [0.717, 1.165) is 6.33 Å². The average Bonchev–Trinajstić information content (AvgIpc) is 3.94. The second-order valence-electron chi connectivity index (χ2n) is 16.3. The number of rotatable bonds is 8. The predicted molar refractivity (Wildman–Crippen MR) is 217 cm³/mol. The Balaban J connectivity index is 1.27. The summed E-state index contributed by atoms with van der Waals surface area (Å²) in [6, 6.07) is 0. The van der Waals surface area contributed by atoms with Gasteiger partial charge in [0.15, 0.2) is 41.3 Å². The first-order valence-electron chi connectivity index (χ1n) is 18.7. The first kappa shape index (κ1) is 45.3. The van der Waals surface area contributed by atoms with Crippen molar-refractivity contribution in [3.63, 3.8) is 0 Å². The largest absolute Gasteiger partial charge is 0.454 e. The highest BCUT2D eigenvalue weighted by Gasteiger charge is 2.54. The lowest BCUT2D eigenvalue weighted by molar-refractivity contribution is -0.151. The zero-order valence-corrected chi connectivity index (χ0v) is 37.3. The number of halogens is 1. The molecule has 7 heterocycles. The number of aromatic nitrogens is 8. The standard InChI is InChI=1S/C33H45FN10O13P2S2/c1-15-16-8-52-59(49,61-14-51-30(47)33(5,6)7)57-22-17(55-27(18(22)34)43-11-39-19-23(35)37-10-38-24(19)43)9-53-58(48,60-13-50-29(46)32(2,3)4)56-21(15)28(54-16)44-12-40-20-25(44)41-31(36)42-26(20)45/h10-12,15-18,21-22,27-28H,8-9,13-14H2,1-7H3,(H2,35,37,38)(H3,36,41,42,45)/t15-,16?,17+,18?,21?,22?,27?,28?,58?,59?/m0/s1. The summed E-state index contributed by atoms with van der Waals surface area (Å²) in [6.45, 7) is 1.13. The Hall–Kier alpha value is -3.71. The fraction of sp³-hybridized carbons (Fsp3) is 0.636. The fourth-order valence-corrected chi connectivity index (χ4v) is 12.0. The molecular weight excluding hydrogens is 889 g/mol. The summed E-state index contributed by atoms with van der Waals surface area (Å²) < 4.78 is 97.2. The van der Waals surface area contributed by atoms with Gasteiger partial charge in [-0.05, 0) is 41.5 Å². The Kier molecular flexibility index (Phi) is 12.7. The van der Waals surface area contributed by atoms with E-state index in [-0.39, 0.29) is 34.1 Å². The zero-order valence-electron chi connectivity index (χ0n) is 33.9. The molecule has 28 heteroatoms. The number of ether oxygens (including phenoxy) is 4. The van der Waals surface area contributed by atoms with Crippen LogP contribution in [-0.2, 0) is 55.8 Å². The van der Waals surface area contributed by atoms with Crippen molar-refractivity contribution in [3.05, 3.63) is 29.3 Å². The minimum Gasteiger partial charge on any atom is -0.454 e. The monoisotopic (exact) mass is 934 g/mol. The van der Waals surface area contributed by atoms with E-state index >= 15 is 4.39 Å². The van der Waals surface area contributed by atoms with E-state index in [1.807, 2.05) is 0 Å². The first-order chi connectivity index (χ1) is 28.6. The summed E-state index contributed by atoms with van der Waals surface area (Å²) in [7, 11) is 0. The van der Waals surface area contributed by atoms with Gasteiger partial charge in [-0.25, -0.2) is 33.5 Å². The van der Waals surface area contributed by atoms with Crippen LogP contribution < -0.4 is 17.0 Å². The molecule has 0 spiro atoms. The summed E-state index contributed by atoms with van der Waals surface area (Å²) in [6.07, 6.45) is -6.82. The van der Waals surface area contributed by atoms with E-state index < -0.39 is 116 Å². The summed E-state index contributed by atoms with van der Waals surface area (Å²) in [5.41, 5.74) is 9.52. The molecule has 10 atom stereocenters. The van der Waals surface area contributed by atoms with Gasteiger partial charge in [-0.1, -0.05) is 6.92 Å². The summed E-state index contributed by atoms with van der Waals surface area (Å²) in [5, 5.41) is 0. The molecule has 3 saturated heterocycles. The number of nitrogens with zero attached hydrogens (tertiary/aromatic N) is 7. The van der Waals surface area contributed by atoms with Crippen molar-refractivity contribution in [1.29, 1.82) is 0 Å². The van der Waals surface area contributed by atoms with E-state index in [2.05, 4.69) is 29.9 Å². The number of nitrogens with two attached hydrogens (primary N) is 2. The van der Waals surface area contributed by atoms with Gasteiger partial charge in [0.1, 0.15) is 42.0 Å². The molecule has 3 fully saturated rings. The molecule has 4 aromatic heterocycles. The van der Waals surface area contributed by atoms with Crippen molar-refractivity contribution in [2.75, 3.05) is 36.6 Å². The third kappa shape index (κ3) is 9.48. The highest BCUT2D eigenvalue weighted by atomic mass is 32.7. The molecule has 61 heavy (non-hydrogen) atoms. The van der Waals surface area contributed by atoms with Crippen LogP contribution in [0.4, 0.5) is 16.2 Å². The summed E-state index contributed by atoms with van der Waals surface area (Å²) in [4.78, 5) is 61.2. The second-order valence-corrected chi connectivity index (χ2v) is 24.2. The molecule has 7 rings (SSSR count). The minimum absolute atomic E-state index is 0.0104. The Morgan fingerprint density at radius 3 is 1.98 bits per heavy atom. The highest BCUT2D eigenvalue weighted by molar-refractivity contribution is 8.55. The van der Waals surface area contributed by atoms with Crippen LogP contribution in [0.2, 0.25) is 0 Å². The molecule has 23 nitrogen and oxygen atoms in total. The van der Waals surface area contributed by atoms with Gasteiger partial charge in [0, 0.05) is 28.7 Å². The van der Waals surface area contributed by atoms with Crippen LogP contribution in [0.5, 0.6) is 0 Å². The van der Waals surface area contributed by atoms with E-state index in [1.54, 1.807) is 48.5 Å². The molecule has 2 bridgehead atoms.